The Morgan fingerprint density at radius 2 is 1.73 bits per heavy atom. The molecule has 2 atom stereocenters. The maximum absolute atomic E-state index is 12.9. The van der Waals surface area contributed by atoms with E-state index in [-0.39, 0.29) is 29.1 Å². The normalized spacial score (nSPS) is 12.2. The number of rotatable bonds is 10. The van der Waals surface area contributed by atoms with Crippen molar-refractivity contribution in [2.75, 3.05) is 11.9 Å². The van der Waals surface area contributed by atoms with Crippen LogP contribution in [0.2, 0.25) is 0 Å². The molecular formula is C22H23N3O8. The van der Waals surface area contributed by atoms with Crippen LogP contribution >= 0.6 is 0 Å². The highest BCUT2D eigenvalue weighted by molar-refractivity contribution is 6.04. The molecule has 0 aromatic heterocycles. The number of anilines is 1. The topological polar surface area (TPSA) is 165 Å². The lowest BCUT2D eigenvalue weighted by Crippen LogP contribution is -2.45. The predicted molar refractivity (Wildman–Crippen MR) is 117 cm³/mol. The van der Waals surface area contributed by atoms with E-state index < -0.39 is 47.1 Å². The van der Waals surface area contributed by atoms with E-state index in [4.69, 9.17) is 4.74 Å². The molecule has 11 heteroatoms. The Balaban J connectivity index is 2.42. The second-order valence-corrected chi connectivity index (χ2v) is 6.98. The van der Waals surface area contributed by atoms with Crippen molar-refractivity contribution in [2.24, 2.45) is 0 Å². The summed E-state index contributed by atoms with van der Waals surface area (Å²) < 4.78 is 4.94. The third-order valence-corrected chi connectivity index (χ3v) is 4.66. The number of non-ortho nitro benzene ring substituents is 1. The summed E-state index contributed by atoms with van der Waals surface area (Å²) >= 11 is 0. The molecule has 0 aliphatic carbocycles. The third kappa shape index (κ3) is 6.86. The van der Waals surface area contributed by atoms with Crippen LogP contribution in [0.3, 0.4) is 0 Å². The molecule has 0 heterocycles. The number of carboxylic acids is 1. The average molecular weight is 457 g/mol. The lowest BCUT2D eigenvalue weighted by atomic mass is 9.88. The van der Waals surface area contributed by atoms with Crippen molar-refractivity contribution in [2.45, 2.75) is 32.2 Å². The van der Waals surface area contributed by atoms with Gasteiger partial charge in [-0.15, -0.1) is 0 Å². The van der Waals surface area contributed by atoms with E-state index in [1.807, 2.05) is 0 Å². The van der Waals surface area contributed by atoms with E-state index in [2.05, 4.69) is 10.6 Å². The molecule has 11 nitrogen and oxygen atoms in total. The lowest BCUT2D eigenvalue weighted by molar-refractivity contribution is -0.384. The molecule has 0 saturated carbocycles. The molecule has 0 aliphatic heterocycles. The first kappa shape index (κ1) is 25.0. The van der Waals surface area contributed by atoms with Gasteiger partial charge in [-0.3, -0.25) is 24.5 Å². The molecule has 3 N–H and O–H groups in total. The fourth-order valence-electron chi connectivity index (χ4n) is 3.20. The zero-order valence-corrected chi connectivity index (χ0v) is 17.9. The summed E-state index contributed by atoms with van der Waals surface area (Å²) in [5.41, 5.74) is 0.284. The molecule has 0 unspecified atom stereocenters. The largest absolute Gasteiger partial charge is 0.480 e. The molecular weight excluding hydrogens is 434 g/mol. The minimum absolute atomic E-state index is 0.0255. The van der Waals surface area contributed by atoms with Crippen LogP contribution in [0, 0.1) is 10.1 Å². The first-order valence-electron chi connectivity index (χ1n) is 9.94. The Kier molecular flexibility index (Phi) is 8.61. The molecule has 2 rings (SSSR count). The highest BCUT2D eigenvalue weighted by Crippen LogP contribution is 2.27. The molecule has 0 bridgehead atoms. The number of nitro benzene ring substituents is 1. The van der Waals surface area contributed by atoms with E-state index in [9.17, 15) is 34.4 Å². The van der Waals surface area contributed by atoms with Gasteiger partial charge in [-0.05, 0) is 24.6 Å². The number of nitrogens with one attached hydrogen (secondary N) is 2. The van der Waals surface area contributed by atoms with Gasteiger partial charge in [0.15, 0.2) is 0 Å². The average Bonchev–Trinajstić information content (AvgIpc) is 2.76. The van der Waals surface area contributed by atoms with E-state index in [1.54, 1.807) is 19.1 Å². The number of carbonyl (C=O) groups excluding carboxylic acids is 3. The van der Waals surface area contributed by atoms with Crippen LogP contribution in [0.15, 0.2) is 48.5 Å². The van der Waals surface area contributed by atoms with Crippen LogP contribution in [0.25, 0.3) is 0 Å². The van der Waals surface area contributed by atoms with E-state index >= 15 is 0 Å². The molecule has 0 fully saturated rings. The van der Waals surface area contributed by atoms with Crippen molar-refractivity contribution >= 4 is 35.1 Å². The Bertz CT molecular complexity index is 1050. The third-order valence-electron chi connectivity index (χ3n) is 4.66. The van der Waals surface area contributed by atoms with Crippen LogP contribution < -0.4 is 10.6 Å². The standard InChI is InChI=1S/C22H23N3O8/c1-3-33-19(27)12-17(14-8-10-15(11-9-14)25(31)32)20(22(29)30)24-21(28)16-6-4-5-7-18(16)23-13(2)26/h4-11,17,20H,3,12H2,1-2H3,(H,23,26)(H,24,28)(H,29,30)/t17-,20+/m0/s1. The van der Waals surface area contributed by atoms with Crippen molar-refractivity contribution in [1.29, 1.82) is 0 Å². The van der Waals surface area contributed by atoms with Crippen LogP contribution in [0.4, 0.5) is 11.4 Å². The highest BCUT2D eigenvalue weighted by atomic mass is 16.6. The molecule has 2 amide bonds. The number of hydrogen-bond donors (Lipinski definition) is 3. The smallest absolute Gasteiger partial charge is 0.326 e. The zero-order valence-electron chi connectivity index (χ0n) is 17.9. The highest BCUT2D eigenvalue weighted by Gasteiger charge is 2.34. The van der Waals surface area contributed by atoms with Crippen molar-refractivity contribution in [1.82, 2.24) is 5.32 Å². The molecule has 0 spiro atoms. The molecule has 0 radical (unpaired) electrons. The summed E-state index contributed by atoms with van der Waals surface area (Å²) in [6, 6.07) is 9.48. The van der Waals surface area contributed by atoms with Crippen molar-refractivity contribution in [3.63, 3.8) is 0 Å². The number of ether oxygens (including phenoxy) is 1. The van der Waals surface area contributed by atoms with Crippen molar-refractivity contribution in [3.05, 3.63) is 69.8 Å². The SMILES string of the molecule is CCOC(=O)C[C@@H](c1ccc([N+](=O)[O-])cc1)[C@@H](NC(=O)c1ccccc1NC(C)=O)C(=O)O. The number of hydrogen-bond acceptors (Lipinski definition) is 7. The molecule has 2 aromatic carbocycles. The van der Waals surface area contributed by atoms with E-state index in [0.717, 1.165) is 0 Å². The van der Waals surface area contributed by atoms with Gasteiger partial charge in [-0.25, -0.2) is 4.79 Å². The second kappa shape index (κ2) is 11.4. The first-order chi connectivity index (χ1) is 15.6. The van der Waals surface area contributed by atoms with Gasteiger partial charge in [-0.2, -0.15) is 0 Å². The Morgan fingerprint density at radius 1 is 1.09 bits per heavy atom. The number of amides is 2. The summed E-state index contributed by atoms with van der Waals surface area (Å²) in [5, 5.41) is 25.7. The maximum atomic E-state index is 12.9. The van der Waals surface area contributed by atoms with E-state index in [0.29, 0.717) is 0 Å². The number of nitro groups is 1. The molecule has 2 aromatic rings. The van der Waals surface area contributed by atoms with Gasteiger partial charge in [0.1, 0.15) is 6.04 Å². The van der Waals surface area contributed by atoms with Crippen LogP contribution in [-0.2, 0) is 19.1 Å². The van der Waals surface area contributed by atoms with Gasteiger partial charge in [-0.1, -0.05) is 24.3 Å². The number of esters is 1. The van der Waals surface area contributed by atoms with Crippen molar-refractivity contribution in [3.8, 4) is 0 Å². The van der Waals surface area contributed by atoms with Crippen LogP contribution in [0.5, 0.6) is 0 Å². The maximum Gasteiger partial charge on any atom is 0.326 e. The first-order valence-corrected chi connectivity index (χ1v) is 9.94. The molecule has 33 heavy (non-hydrogen) atoms. The molecule has 174 valence electrons. The predicted octanol–water partition coefficient (Wildman–Crippen LogP) is 2.47. The number of nitrogens with zero attached hydrogens (tertiary/aromatic N) is 1. The quantitative estimate of drug-likeness (QED) is 0.278. The fourth-order valence-corrected chi connectivity index (χ4v) is 3.20. The minimum atomic E-state index is -1.58. The van der Waals surface area contributed by atoms with Gasteiger partial charge >= 0.3 is 11.9 Å². The van der Waals surface area contributed by atoms with Crippen LogP contribution in [-0.4, -0.2) is 46.4 Å². The van der Waals surface area contributed by atoms with Gasteiger partial charge in [0.25, 0.3) is 11.6 Å². The number of carbonyl (C=O) groups is 4. The van der Waals surface area contributed by atoms with E-state index in [1.165, 1.54) is 43.3 Å². The number of aliphatic carboxylic acids is 1. The Morgan fingerprint density at radius 3 is 2.27 bits per heavy atom. The van der Waals surface area contributed by atoms with Crippen LogP contribution in [0.1, 0.15) is 42.1 Å². The van der Waals surface area contributed by atoms with Gasteiger partial charge in [0.2, 0.25) is 5.91 Å². The monoisotopic (exact) mass is 457 g/mol. The van der Waals surface area contributed by atoms with Gasteiger partial charge < -0.3 is 20.5 Å². The zero-order chi connectivity index (χ0) is 24.5. The fraction of sp³-hybridized carbons (Fsp3) is 0.273. The summed E-state index contributed by atoms with van der Waals surface area (Å²) in [7, 11) is 0. The summed E-state index contributed by atoms with van der Waals surface area (Å²) in [5.74, 6) is -4.41. The van der Waals surface area contributed by atoms with Crippen molar-refractivity contribution < 1.29 is 33.9 Å². The Labute approximate surface area is 188 Å². The number of benzene rings is 2. The lowest BCUT2D eigenvalue weighted by Gasteiger charge is -2.25. The summed E-state index contributed by atoms with van der Waals surface area (Å²) in [6.07, 6.45) is -0.393. The summed E-state index contributed by atoms with van der Waals surface area (Å²) in [6.45, 7) is 2.92. The minimum Gasteiger partial charge on any atom is -0.480 e. The summed E-state index contributed by atoms with van der Waals surface area (Å²) in [4.78, 5) is 59.0. The molecule has 0 aliphatic rings. The Hall–Kier alpha value is -4.28. The number of carboxylic acid groups (broad SMARTS) is 1. The second-order valence-electron chi connectivity index (χ2n) is 6.98. The molecule has 0 saturated heterocycles. The van der Waals surface area contributed by atoms with Gasteiger partial charge in [0, 0.05) is 25.0 Å². The van der Waals surface area contributed by atoms with Gasteiger partial charge in [0.05, 0.1) is 29.2 Å². The number of para-hydroxylation sites is 1.